The van der Waals surface area contributed by atoms with Gasteiger partial charge < -0.3 is 5.73 Å². The molecule has 0 unspecified atom stereocenters. The molecular formula is C13H22N4. The van der Waals surface area contributed by atoms with Crippen molar-refractivity contribution in [1.82, 2.24) is 14.7 Å². The highest BCUT2D eigenvalue weighted by Gasteiger charge is 2.34. The number of nitrogens with zero attached hydrogens (tertiary/aromatic N) is 3. The lowest BCUT2D eigenvalue weighted by Crippen LogP contribution is -2.44. The van der Waals surface area contributed by atoms with Gasteiger partial charge in [0.15, 0.2) is 0 Å². The number of anilines is 1. The zero-order chi connectivity index (χ0) is 12.2. The van der Waals surface area contributed by atoms with Gasteiger partial charge in [0.05, 0.1) is 11.7 Å². The summed E-state index contributed by atoms with van der Waals surface area (Å²) in [4.78, 5) is 2.52. The zero-order valence-corrected chi connectivity index (χ0v) is 11.0. The molecule has 2 heterocycles. The van der Waals surface area contributed by atoms with Crippen LogP contribution in [0.5, 0.6) is 0 Å². The van der Waals surface area contributed by atoms with E-state index in [1.165, 1.54) is 24.1 Å². The highest BCUT2D eigenvalue weighted by Crippen LogP contribution is 2.39. The Morgan fingerprint density at radius 1 is 1.29 bits per heavy atom. The van der Waals surface area contributed by atoms with Crippen LogP contribution in [0.25, 0.3) is 0 Å². The van der Waals surface area contributed by atoms with Crippen molar-refractivity contribution in [2.75, 3.05) is 12.3 Å². The lowest BCUT2D eigenvalue weighted by Gasteiger charge is -2.38. The van der Waals surface area contributed by atoms with Crippen LogP contribution in [-0.4, -0.2) is 26.8 Å². The summed E-state index contributed by atoms with van der Waals surface area (Å²) in [5, 5.41) is 4.54. The second-order valence-electron chi connectivity index (χ2n) is 6.33. The Labute approximate surface area is 103 Å². The molecule has 0 atom stereocenters. The van der Waals surface area contributed by atoms with Gasteiger partial charge in [-0.25, -0.2) is 0 Å². The Bertz CT molecular complexity index is 437. The molecule has 1 aromatic heterocycles. The van der Waals surface area contributed by atoms with Gasteiger partial charge in [-0.2, -0.15) is 5.10 Å². The van der Waals surface area contributed by atoms with Crippen molar-refractivity contribution in [2.24, 2.45) is 0 Å². The Balaban J connectivity index is 1.94. The van der Waals surface area contributed by atoms with E-state index in [0.29, 0.717) is 6.04 Å². The second kappa shape index (κ2) is 3.48. The van der Waals surface area contributed by atoms with E-state index >= 15 is 0 Å². The van der Waals surface area contributed by atoms with E-state index in [-0.39, 0.29) is 5.54 Å². The lowest BCUT2D eigenvalue weighted by molar-refractivity contribution is 0.116. The third kappa shape index (κ3) is 1.84. The quantitative estimate of drug-likeness (QED) is 0.808. The third-order valence-electron chi connectivity index (χ3n) is 3.96. The van der Waals surface area contributed by atoms with Crippen molar-refractivity contribution in [2.45, 2.75) is 58.2 Å². The van der Waals surface area contributed by atoms with Crippen molar-refractivity contribution in [3.63, 3.8) is 0 Å². The van der Waals surface area contributed by atoms with Gasteiger partial charge in [0.25, 0.3) is 0 Å². The van der Waals surface area contributed by atoms with E-state index in [4.69, 9.17) is 5.73 Å². The van der Waals surface area contributed by atoms with Crippen molar-refractivity contribution in [1.29, 1.82) is 0 Å². The average molecular weight is 234 g/mol. The largest absolute Gasteiger partial charge is 0.382 e. The van der Waals surface area contributed by atoms with Crippen LogP contribution < -0.4 is 5.73 Å². The van der Waals surface area contributed by atoms with Gasteiger partial charge >= 0.3 is 0 Å². The molecule has 0 aromatic carbocycles. The van der Waals surface area contributed by atoms with E-state index in [9.17, 15) is 0 Å². The van der Waals surface area contributed by atoms with E-state index in [1.807, 2.05) is 0 Å². The molecule has 94 valence electrons. The van der Waals surface area contributed by atoms with Crippen LogP contribution in [-0.2, 0) is 13.0 Å². The third-order valence-corrected chi connectivity index (χ3v) is 3.96. The second-order valence-corrected chi connectivity index (χ2v) is 6.33. The number of nitrogens with two attached hydrogens (primary N) is 1. The first-order valence-corrected chi connectivity index (χ1v) is 6.57. The first-order chi connectivity index (χ1) is 7.97. The van der Waals surface area contributed by atoms with Gasteiger partial charge in [0.1, 0.15) is 5.82 Å². The maximum absolute atomic E-state index is 6.03. The number of hydrogen-bond donors (Lipinski definition) is 1. The predicted octanol–water partition coefficient (Wildman–Crippen LogP) is 1.96. The number of rotatable bonds is 1. The fourth-order valence-electron chi connectivity index (χ4n) is 2.66. The molecule has 2 aliphatic rings. The molecular weight excluding hydrogens is 212 g/mol. The Hall–Kier alpha value is -1.03. The lowest BCUT2D eigenvalue weighted by atomic mass is 9.99. The number of fused-ring (bicyclic) bond motifs is 1. The van der Waals surface area contributed by atoms with Gasteiger partial charge in [-0.1, -0.05) is 0 Å². The standard InChI is InChI=1S/C13H22N4/c1-13(2,3)16-7-6-10-11(8-16)17(9-4-5-9)15-12(10)14/h9H,4-8H2,1-3H3,(H2,14,15). The molecule has 1 fully saturated rings. The predicted molar refractivity (Wildman–Crippen MR) is 68.8 cm³/mol. The summed E-state index contributed by atoms with van der Waals surface area (Å²) in [7, 11) is 0. The molecule has 0 saturated heterocycles. The molecule has 0 amide bonds. The summed E-state index contributed by atoms with van der Waals surface area (Å²) in [6.45, 7) is 8.92. The number of hydrogen-bond acceptors (Lipinski definition) is 3. The van der Waals surface area contributed by atoms with Crippen LogP contribution in [0, 0.1) is 0 Å². The molecule has 1 saturated carbocycles. The van der Waals surface area contributed by atoms with Crippen molar-refractivity contribution in [3.8, 4) is 0 Å². The summed E-state index contributed by atoms with van der Waals surface area (Å²) in [6, 6.07) is 0.626. The number of nitrogen functional groups attached to an aromatic ring is 1. The monoisotopic (exact) mass is 234 g/mol. The molecule has 4 heteroatoms. The van der Waals surface area contributed by atoms with Crippen molar-refractivity contribution in [3.05, 3.63) is 11.3 Å². The van der Waals surface area contributed by atoms with Crippen molar-refractivity contribution >= 4 is 5.82 Å². The van der Waals surface area contributed by atoms with Crippen LogP contribution >= 0.6 is 0 Å². The first-order valence-electron chi connectivity index (χ1n) is 6.57. The van der Waals surface area contributed by atoms with Gasteiger partial charge in [0.2, 0.25) is 0 Å². The maximum Gasteiger partial charge on any atom is 0.149 e. The van der Waals surface area contributed by atoms with Crippen LogP contribution in [0.1, 0.15) is 50.9 Å². The van der Waals surface area contributed by atoms with Gasteiger partial charge in [0, 0.05) is 24.2 Å². The van der Waals surface area contributed by atoms with E-state index in [1.54, 1.807) is 0 Å². The molecule has 17 heavy (non-hydrogen) atoms. The summed E-state index contributed by atoms with van der Waals surface area (Å²) in [6.07, 6.45) is 3.58. The fourth-order valence-corrected chi connectivity index (χ4v) is 2.66. The Morgan fingerprint density at radius 2 is 2.00 bits per heavy atom. The van der Waals surface area contributed by atoms with Crippen LogP contribution in [0.3, 0.4) is 0 Å². The minimum atomic E-state index is 0.227. The van der Waals surface area contributed by atoms with E-state index in [0.717, 1.165) is 25.3 Å². The molecule has 0 bridgehead atoms. The molecule has 4 nitrogen and oxygen atoms in total. The van der Waals surface area contributed by atoms with Gasteiger partial charge in [-0.15, -0.1) is 0 Å². The van der Waals surface area contributed by atoms with Crippen LogP contribution in [0.2, 0.25) is 0 Å². The van der Waals surface area contributed by atoms with E-state index in [2.05, 4.69) is 35.5 Å². The number of aromatic nitrogens is 2. The molecule has 1 aliphatic carbocycles. The SMILES string of the molecule is CC(C)(C)N1CCc2c(N)nn(C3CC3)c2C1. The van der Waals surface area contributed by atoms with Crippen molar-refractivity contribution < 1.29 is 0 Å². The molecule has 3 rings (SSSR count). The Morgan fingerprint density at radius 3 is 2.59 bits per heavy atom. The topological polar surface area (TPSA) is 47.1 Å². The average Bonchev–Trinajstić information content (AvgIpc) is 3.03. The first kappa shape index (κ1) is 11.1. The minimum Gasteiger partial charge on any atom is -0.382 e. The van der Waals surface area contributed by atoms with E-state index < -0.39 is 0 Å². The molecule has 1 aromatic rings. The molecule has 2 N–H and O–H groups in total. The summed E-state index contributed by atoms with van der Waals surface area (Å²) < 4.78 is 2.20. The zero-order valence-electron chi connectivity index (χ0n) is 11.0. The Kier molecular flexibility index (Phi) is 2.27. The smallest absolute Gasteiger partial charge is 0.149 e. The molecule has 1 aliphatic heterocycles. The summed E-state index contributed by atoms with van der Waals surface area (Å²) in [5.41, 5.74) is 8.93. The normalized spacial score (nSPS) is 21.6. The summed E-state index contributed by atoms with van der Waals surface area (Å²) in [5.74, 6) is 0.764. The van der Waals surface area contributed by atoms with Gasteiger partial charge in [-0.3, -0.25) is 9.58 Å². The van der Waals surface area contributed by atoms with Crippen LogP contribution in [0.4, 0.5) is 5.82 Å². The highest BCUT2D eigenvalue weighted by atomic mass is 15.4. The fraction of sp³-hybridized carbons (Fsp3) is 0.769. The van der Waals surface area contributed by atoms with Crippen LogP contribution in [0.15, 0.2) is 0 Å². The summed E-state index contributed by atoms with van der Waals surface area (Å²) >= 11 is 0. The minimum absolute atomic E-state index is 0.227. The molecule has 0 radical (unpaired) electrons. The maximum atomic E-state index is 6.03. The highest BCUT2D eigenvalue weighted by molar-refractivity contribution is 5.44. The molecule has 0 spiro atoms. The van der Waals surface area contributed by atoms with Gasteiger partial charge in [-0.05, 0) is 40.0 Å².